The second kappa shape index (κ2) is 7.63. The summed E-state index contributed by atoms with van der Waals surface area (Å²) in [6.45, 7) is 7.24. The molecule has 122 valence electrons. The number of nitrogens with one attached hydrogen (secondary N) is 1. The summed E-state index contributed by atoms with van der Waals surface area (Å²) >= 11 is 0. The van der Waals surface area contributed by atoms with Gasteiger partial charge in [-0.25, -0.2) is 14.6 Å². The van der Waals surface area contributed by atoms with Gasteiger partial charge in [-0.2, -0.15) is 0 Å². The number of aromatic nitrogens is 1. The molecule has 1 atom stereocenters. The Labute approximate surface area is 130 Å². The molecule has 0 radical (unpaired) electrons. The fraction of sp³-hybridized carbons (Fsp3) is 0.533. The van der Waals surface area contributed by atoms with E-state index in [9.17, 15) is 9.59 Å². The summed E-state index contributed by atoms with van der Waals surface area (Å²) in [6.07, 6.45) is 0.978. The fourth-order valence-corrected chi connectivity index (χ4v) is 1.53. The van der Waals surface area contributed by atoms with Gasteiger partial charge in [-0.15, -0.1) is 0 Å². The van der Waals surface area contributed by atoms with Crippen molar-refractivity contribution in [1.82, 2.24) is 10.3 Å². The Morgan fingerprint density at radius 2 is 2.05 bits per heavy atom. The summed E-state index contributed by atoms with van der Waals surface area (Å²) in [6, 6.07) is 2.85. The standard InChI is InChI=1S/C15H22N2O5/c1-10(17-14(19)22-15(2,3)4)9-21-12-11(13(18)20-5)7-6-8-16-12/h6-8,10H,9H2,1-5H3,(H,17,19)/t10-/m0/s1. The number of esters is 1. The molecular weight excluding hydrogens is 288 g/mol. The SMILES string of the molecule is COC(=O)c1cccnc1OC[C@H](C)NC(=O)OC(C)(C)C. The van der Waals surface area contributed by atoms with Gasteiger partial charge in [-0.1, -0.05) is 0 Å². The van der Waals surface area contributed by atoms with E-state index < -0.39 is 17.7 Å². The van der Waals surface area contributed by atoms with Gasteiger partial charge in [0.2, 0.25) is 5.88 Å². The van der Waals surface area contributed by atoms with Crippen LogP contribution in [0.2, 0.25) is 0 Å². The molecule has 0 saturated carbocycles. The molecule has 0 aliphatic rings. The van der Waals surface area contributed by atoms with E-state index in [0.717, 1.165) is 0 Å². The first kappa shape index (κ1) is 17.7. The second-order valence-electron chi connectivity index (χ2n) is 5.71. The van der Waals surface area contributed by atoms with E-state index in [2.05, 4.69) is 15.0 Å². The predicted molar refractivity (Wildman–Crippen MR) is 79.9 cm³/mol. The van der Waals surface area contributed by atoms with E-state index in [0.29, 0.717) is 0 Å². The summed E-state index contributed by atoms with van der Waals surface area (Å²) in [5.41, 5.74) is -0.335. The summed E-state index contributed by atoms with van der Waals surface area (Å²) in [5.74, 6) is -0.372. The fourth-order valence-electron chi connectivity index (χ4n) is 1.53. The Morgan fingerprint density at radius 1 is 1.36 bits per heavy atom. The molecule has 0 aromatic carbocycles. The van der Waals surface area contributed by atoms with Gasteiger partial charge in [-0.3, -0.25) is 0 Å². The van der Waals surface area contributed by atoms with E-state index in [-0.39, 0.29) is 24.1 Å². The second-order valence-corrected chi connectivity index (χ2v) is 5.71. The Morgan fingerprint density at radius 3 is 2.64 bits per heavy atom. The first-order valence-electron chi connectivity index (χ1n) is 6.88. The number of hydrogen-bond acceptors (Lipinski definition) is 6. The molecule has 1 heterocycles. The van der Waals surface area contributed by atoms with Crippen LogP contribution in [-0.4, -0.2) is 42.4 Å². The average molecular weight is 310 g/mol. The monoisotopic (exact) mass is 310 g/mol. The van der Waals surface area contributed by atoms with Gasteiger partial charge in [-0.05, 0) is 39.8 Å². The lowest BCUT2D eigenvalue weighted by Gasteiger charge is -2.22. The topological polar surface area (TPSA) is 86.8 Å². The maximum absolute atomic E-state index is 11.6. The van der Waals surface area contributed by atoms with Gasteiger partial charge in [0.25, 0.3) is 0 Å². The van der Waals surface area contributed by atoms with E-state index in [1.807, 2.05) is 0 Å². The zero-order chi connectivity index (χ0) is 16.8. The van der Waals surface area contributed by atoms with Crippen molar-refractivity contribution in [3.05, 3.63) is 23.9 Å². The maximum atomic E-state index is 11.6. The van der Waals surface area contributed by atoms with Crippen molar-refractivity contribution in [2.45, 2.75) is 39.3 Å². The van der Waals surface area contributed by atoms with E-state index in [1.54, 1.807) is 39.8 Å². The van der Waals surface area contributed by atoms with Crippen LogP contribution < -0.4 is 10.1 Å². The number of nitrogens with zero attached hydrogens (tertiary/aromatic N) is 1. The summed E-state index contributed by atoms with van der Waals surface area (Å²) < 4.78 is 15.3. The van der Waals surface area contributed by atoms with E-state index >= 15 is 0 Å². The van der Waals surface area contributed by atoms with Crippen LogP contribution >= 0.6 is 0 Å². The highest BCUT2D eigenvalue weighted by Crippen LogP contribution is 2.15. The highest BCUT2D eigenvalue weighted by molar-refractivity contribution is 5.91. The van der Waals surface area contributed by atoms with Crippen LogP contribution in [0, 0.1) is 0 Å². The minimum absolute atomic E-state index is 0.139. The van der Waals surface area contributed by atoms with Crippen LogP contribution in [0.25, 0.3) is 0 Å². The number of methoxy groups -OCH3 is 1. The minimum atomic E-state index is -0.566. The molecule has 0 spiro atoms. The largest absolute Gasteiger partial charge is 0.475 e. The molecule has 1 amide bonds. The van der Waals surface area contributed by atoms with Crippen molar-refractivity contribution >= 4 is 12.1 Å². The Hall–Kier alpha value is -2.31. The van der Waals surface area contributed by atoms with Gasteiger partial charge in [0.05, 0.1) is 13.2 Å². The first-order chi connectivity index (χ1) is 10.2. The predicted octanol–water partition coefficient (Wildman–Crippen LogP) is 2.16. The molecule has 0 aliphatic carbocycles. The molecule has 0 saturated heterocycles. The molecule has 7 nitrogen and oxygen atoms in total. The zero-order valence-electron chi connectivity index (χ0n) is 13.5. The number of amides is 1. The van der Waals surface area contributed by atoms with Gasteiger partial charge in [0, 0.05) is 6.20 Å². The van der Waals surface area contributed by atoms with Crippen LogP contribution in [0.1, 0.15) is 38.1 Å². The number of carbonyl (C=O) groups is 2. The molecule has 0 bridgehead atoms. The minimum Gasteiger partial charge on any atom is -0.475 e. The van der Waals surface area contributed by atoms with Gasteiger partial charge < -0.3 is 19.5 Å². The maximum Gasteiger partial charge on any atom is 0.407 e. The lowest BCUT2D eigenvalue weighted by atomic mass is 10.2. The van der Waals surface area contributed by atoms with Gasteiger partial charge >= 0.3 is 12.1 Å². The highest BCUT2D eigenvalue weighted by atomic mass is 16.6. The number of ether oxygens (including phenoxy) is 3. The summed E-state index contributed by atoms with van der Waals surface area (Å²) in [7, 11) is 1.28. The van der Waals surface area contributed by atoms with Crippen LogP contribution in [-0.2, 0) is 9.47 Å². The Bertz CT molecular complexity index is 525. The van der Waals surface area contributed by atoms with Crippen molar-refractivity contribution in [2.24, 2.45) is 0 Å². The Balaban J connectivity index is 2.56. The van der Waals surface area contributed by atoms with Crippen molar-refractivity contribution in [3.63, 3.8) is 0 Å². The Kier molecular flexibility index (Phi) is 6.15. The van der Waals surface area contributed by atoms with Crippen molar-refractivity contribution in [2.75, 3.05) is 13.7 Å². The quantitative estimate of drug-likeness (QED) is 0.839. The third-order valence-electron chi connectivity index (χ3n) is 2.41. The van der Waals surface area contributed by atoms with E-state index in [1.165, 1.54) is 13.3 Å². The number of carbonyl (C=O) groups excluding carboxylic acids is 2. The average Bonchev–Trinajstić information content (AvgIpc) is 2.42. The number of rotatable bonds is 5. The summed E-state index contributed by atoms with van der Waals surface area (Å²) in [4.78, 5) is 27.2. The third kappa shape index (κ3) is 5.99. The molecular formula is C15H22N2O5. The normalized spacial score (nSPS) is 12.2. The van der Waals surface area contributed by atoms with E-state index in [4.69, 9.17) is 9.47 Å². The molecule has 1 N–H and O–H groups in total. The van der Waals surface area contributed by atoms with Crippen molar-refractivity contribution in [3.8, 4) is 5.88 Å². The molecule has 1 aromatic heterocycles. The van der Waals surface area contributed by atoms with Crippen molar-refractivity contribution in [1.29, 1.82) is 0 Å². The van der Waals surface area contributed by atoms with Gasteiger partial charge in [0.1, 0.15) is 17.8 Å². The van der Waals surface area contributed by atoms with Crippen LogP contribution in [0.5, 0.6) is 5.88 Å². The number of hydrogen-bond donors (Lipinski definition) is 1. The molecule has 0 aliphatic heterocycles. The molecule has 22 heavy (non-hydrogen) atoms. The van der Waals surface area contributed by atoms with Crippen LogP contribution in [0.15, 0.2) is 18.3 Å². The smallest absolute Gasteiger partial charge is 0.407 e. The lowest BCUT2D eigenvalue weighted by Crippen LogP contribution is -2.40. The third-order valence-corrected chi connectivity index (χ3v) is 2.41. The van der Waals surface area contributed by atoms with Crippen molar-refractivity contribution < 1.29 is 23.8 Å². The van der Waals surface area contributed by atoms with Gasteiger partial charge in [0.15, 0.2) is 0 Å². The molecule has 7 heteroatoms. The first-order valence-corrected chi connectivity index (χ1v) is 6.88. The molecule has 0 fully saturated rings. The molecule has 0 unspecified atom stereocenters. The summed E-state index contributed by atoms with van der Waals surface area (Å²) in [5, 5.41) is 2.64. The van der Waals surface area contributed by atoms with Crippen LogP contribution in [0.3, 0.4) is 0 Å². The number of pyridine rings is 1. The number of alkyl carbamates (subject to hydrolysis) is 1. The molecule has 1 aromatic rings. The van der Waals surface area contributed by atoms with Crippen LogP contribution in [0.4, 0.5) is 4.79 Å². The zero-order valence-corrected chi connectivity index (χ0v) is 13.5. The highest BCUT2D eigenvalue weighted by Gasteiger charge is 2.19. The molecule has 1 rings (SSSR count). The lowest BCUT2D eigenvalue weighted by molar-refractivity contribution is 0.0488.